The number of phenols is 3. The summed E-state index contributed by atoms with van der Waals surface area (Å²) < 4.78 is 5.85. The van der Waals surface area contributed by atoms with E-state index in [1.54, 1.807) is 19.1 Å². The Morgan fingerprint density at radius 2 is 1.74 bits per heavy atom. The number of aliphatic hydroxyl groups excluding tert-OH is 3. The highest BCUT2D eigenvalue weighted by atomic mass is 16.5. The van der Waals surface area contributed by atoms with E-state index in [4.69, 9.17) is 4.74 Å². The van der Waals surface area contributed by atoms with Crippen molar-refractivity contribution < 1.29 is 45.0 Å². The predicted octanol–water partition coefficient (Wildman–Crippen LogP) is 9.97. The first-order valence-corrected chi connectivity index (χ1v) is 31.5. The molecule has 1 saturated heterocycles. The second-order valence-electron chi connectivity index (χ2n) is 28.3. The summed E-state index contributed by atoms with van der Waals surface area (Å²) in [6, 6.07) is 21.6. The average molecular weight is 1120 g/mol. The van der Waals surface area contributed by atoms with Gasteiger partial charge in [-0.15, -0.1) is 0 Å². The third-order valence-corrected chi connectivity index (χ3v) is 25.3. The molecule has 428 valence electrons. The quantitative estimate of drug-likeness (QED) is 0.0559. The molecule has 0 amide bonds. The second-order valence-corrected chi connectivity index (χ2v) is 28.3. The SMILES string of the molecule is COc1cc([C@@H]2[C@H](Cc3ccccc3)C#C[C@@H]3CN[C@@H]4C[C@@H]5C6=C7C=C8Cc9cc(c%10c(c9)[C@H]9[C@@H](C(=O)[C@@H]2C[C@H]9C=C%10)[C@H](O)[C@H]3[C@]42c3cc(O)c(O)cc3[C@@H]3C[C@@H]2[C@]52C[C@@]34CCC[C@@H]4C=C2[C@H]7C[C@@H]8O)C[C@@H](C(C)=O)CC#C6)c(CO)cc1O. The molecule has 11 aliphatic carbocycles. The van der Waals surface area contributed by atoms with E-state index in [0.29, 0.717) is 62.6 Å². The van der Waals surface area contributed by atoms with Gasteiger partial charge in [0.25, 0.3) is 0 Å². The molecule has 0 radical (unpaired) electrons. The Morgan fingerprint density at radius 1 is 0.893 bits per heavy atom. The third kappa shape index (κ3) is 6.70. The highest BCUT2D eigenvalue weighted by molar-refractivity contribution is 5.89. The number of aromatic hydroxyl groups is 3. The monoisotopic (exact) mass is 1120 g/mol. The first-order valence-electron chi connectivity index (χ1n) is 31.5. The number of carbonyl (C=O) groups is 2. The molecule has 3 spiro atoms. The Kier molecular flexibility index (Phi) is 11.2. The molecule has 4 aromatic rings. The maximum Gasteiger partial charge on any atom is 0.160 e. The van der Waals surface area contributed by atoms with Gasteiger partial charge in [-0.2, -0.15) is 0 Å². The maximum absolute atomic E-state index is 17.5. The number of phenolic OH excluding ortho intramolecular Hbond substituents is 3. The number of fused-ring (bicyclic) bond motifs is 15. The Bertz CT molecular complexity index is 3860. The number of ketones is 2. The number of rotatable bonds is 6. The molecule has 20 atom stereocenters. The molecular weight excluding hydrogens is 1050 g/mol. The van der Waals surface area contributed by atoms with Crippen LogP contribution in [0.1, 0.15) is 133 Å². The van der Waals surface area contributed by atoms with Crippen molar-refractivity contribution in [1.29, 1.82) is 0 Å². The molecule has 0 aromatic heterocycles. The minimum absolute atomic E-state index is 0.0452. The summed E-state index contributed by atoms with van der Waals surface area (Å²) in [7, 11) is 1.51. The molecule has 10 heteroatoms. The maximum atomic E-state index is 17.5. The fourth-order valence-electron chi connectivity index (χ4n) is 22.4. The van der Waals surface area contributed by atoms with Crippen molar-refractivity contribution in [2.45, 2.75) is 132 Å². The van der Waals surface area contributed by atoms with Crippen LogP contribution in [0.4, 0.5) is 0 Å². The number of piperidine rings is 1. The van der Waals surface area contributed by atoms with Crippen LogP contribution in [-0.4, -0.2) is 74.1 Å². The zero-order valence-electron chi connectivity index (χ0n) is 47.8. The molecular formula is C74H73NO9. The molecule has 1 heterocycles. The molecule has 0 unspecified atom stereocenters. The molecule has 7 N–H and O–H groups in total. The fourth-order valence-corrected chi connectivity index (χ4v) is 22.4. The minimum atomic E-state index is -1.26. The van der Waals surface area contributed by atoms with Gasteiger partial charge in [0.2, 0.25) is 0 Å². The Morgan fingerprint density at radius 3 is 2.56 bits per heavy atom. The van der Waals surface area contributed by atoms with Gasteiger partial charge in [-0.05, 0) is 186 Å². The summed E-state index contributed by atoms with van der Waals surface area (Å²) in [6.45, 7) is 1.73. The van der Waals surface area contributed by atoms with E-state index in [1.165, 1.54) is 18.3 Å². The number of carbonyl (C=O) groups excluding carboxylic acids is 2. The van der Waals surface area contributed by atoms with Crippen molar-refractivity contribution in [3.05, 3.63) is 157 Å². The van der Waals surface area contributed by atoms with Crippen LogP contribution in [0.5, 0.6) is 23.0 Å². The number of allylic oxidation sites excluding steroid dienone is 6. The molecule has 4 saturated carbocycles. The van der Waals surface area contributed by atoms with Gasteiger partial charge in [-0.3, -0.25) is 9.59 Å². The lowest BCUT2D eigenvalue weighted by Gasteiger charge is -2.77. The fraction of sp³-hybridized carbons (Fsp3) is 0.486. The van der Waals surface area contributed by atoms with Crippen LogP contribution >= 0.6 is 0 Å². The highest BCUT2D eigenvalue weighted by Gasteiger charge is 2.79. The second kappa shape index (κ2) is 18.2. The number of methoxy groups -OCH3 is 1. The van der Waals surface area contributed by atoms with E-state index in [9.17, 15) is 30.3 Å². The number of ether oxygens (including phenoxy) is 1. The first-order chi connectivity index (χ1) is 40.7. The Labute approximate surface area is 491 Å². The molecule has 5 fully saturated rings. The summed E-state index contributed by atoms with van der Waals surface area (Å²) in [6.07, 6.45) is 15.8. The normalized spacial score (nSPS) is 40.4. The van der Waals surface area contributed by atoms with E-state index in [1.807, 2.05) is 30.3 Å². The van der Waals surface area contributed by atoms with Crippen molar-refractivity contribution in [2.24, 2.45) is 75.9 Å². The van der Waals surface area contributed by atoms with Gasteiger partial charge < -0.3 is 40.7 Å². The Hall–Kier alpha value is -6.66. The highest BCUT2D eigenvalue weighted by Crippen LogP contribution is 2.83. The van der Waals surface area contributed by atoms with Gasteiger partial charge in [0.15, 0.2) is 23.0 Å². The summed E-state index contributed by atoms with van der Waals surface area (Å²) in [5.74, 6) is 10.5. The minimum Gasteiger partial charge on any atom is -0.504 e. The summed E-state index contributed by atoms with van der Waals surface area (Å²) in [5.41, 5.74) is 11.3. The van der Waals surface area contributed by atoms with Crippen LogP contribution in [-0.2, 0) is 40.9 Å². The van der Waals surface area contributed by atoms with Crippen LogP contribution in [0.15, 0.2) is 107 Å². The van der Waals surface area contributed by atoms with Gasteiger partial charge in [-0.1, -0.05) is 102 Å². The van der Waals surface area contributed by atoms with E-state index >= 15 is 9.90 Å². The predicted molar refractivity (Wildman–Crippen MR) is 316 cm³/mol. The molecule has 84 heavy (non-hydrogen) atoms. The van der Waals surface area contributed by atoms with E-state index < -0.39 is 77.0 Å². The molecule has 10 nitrogen and oxygen atoms in total. The van der Waals surface area contributed by atoms with Gasteiger partial charge in [0, 0.05) is 88.7 Å². The summed E-state index contributed by atoms with van der Waals surface area (Å²) in [5, 5.41) is 79.1. The number of Topliss-reactive ketones (excluding diaryl/α,β-unsaturated/α-hetero) is 2. The van der Waals surface area contributed by atoms with Crippen molar-refractivity contribution in [2.75, 3.05) is 13.7 Å². The lowest BCUT2D eigenvalue weighted by molar-refractivity contribution is -0.185. The lowest BCUT2D eigenvalue weighted by atomic mass is 9.27. The van der Waals surface area contributed by atoms with E-state index in [0.717, 1.165) is 82.2 Å². The van der Waals surface area contributed by atoms with Crippen molar-refractivity contribution in [3.8, 4) is 46.7 Å². The van der Waals surface area contributed by atoms with Gasteiger partial charge in [-0.25, -0.2) is 0 Å². The smallest absolute Gasteiger partial charge is 0.160 e. The zero-order valence-corrected chi connectivity index (χ0v) is 47.8. The molecule has 12 aliphatic rings. The summed E-state index contributed by atoms with van der Waals surface area (Å²) in [4.78, 5) is 31.6. The number of hydrogen-bond donors (Lipinski definition) is 7. The van der Waals surface area contributed by atoms with Crippen LogP contribution in [0.2, 0.25) is 0 Å². The van der Waals surface area contributed by atoms with E-state index in [-0.39, 0.29) is 81.5 Å². The standard InChI is InChI=1S/C74H73NO9/c1-36(77)39-10-6-12-48-50-24-44-20-38-19-43(22-39)47-16-15-41-23-54-66(49-29-63(84-2)62(81)25-45(49)34-76)40(18-37-8-4-3-5-9-37)13-14-42-33-75-65-32-57(48)73-35-72(17-7-11-46(72)26-56(73)51(50)27-59(44)78)55-31-64(73)74(65,58-30-61(80)60(79)28-53(55)58)69(42)71(83)68(70(54)82)67(41)52(47)21-38/h3-5,8-9,15-16,19,21,24-26,28-30,39-42,46,51,54-55,57,59,64-69,71,75-76,78-81,83H,7,10-11,17-18,20,22-23,27,31-35H2,1-2H3/t39-,40-,41+,42+,46+,51-,54+,55-,57+,59-,64+,65+,66-,67-,68-,69-,71-,72+,73-,74-/m0/s1. The van der Waals surface area contributed by atoms with E-state index in [2.05, 4.69) is 77.6 Å². The van der Waals surface area contributed by atoms with Crippen molar-refractivity contribution >= 4 is 17.6 Å². The van der Waals surface area contributed by atoms with Gasteiger partial charge in [0.1, 0.15) is 11.6 Å². The molecule has 4 aromatic carbocycles. The first kappa shape index (κ1) is 51.7. The largest absolute Gasteiger partial charge is 0.504 e. The number of nitrogens with one attached hydrogen (secondary N) is 1. The Balaban J connectivity index is 1.02. The van der Waals surface area contributed by atoms with Crippen LogP contribution in [0.25, 0.3) is 6.08 Å². The molecule has 1 aliphatic heterocycles. The average Bonchev–Trinajstić information content (AvgIpc) is 0.851. The van der Waals surface area contributed by atoms with Crippen LogP contribution in [0.3, 0.4) is 0 Å². The molecule has 10 bridgehead atoms. The van der Waals surface area contributed by atoms with Gasteiger partial charge in [0.05, 0.1) is 31.8 Å². The number of aliphatic hydroxyl groups is 3. The van der Waals surface area contributed by atoms with Crippen LogP contribution in [0, 0.1) is 99.6 Å². The van der Waals surface area contributed by atoms with Crippen LogP contribution < -0.4 is 10.1 Å². The number of hydrogen-bond acceptors (Lipinski definition) is 10. The molecule has 16 rings (SSSR count). The van der Waals surface area contributed by atoms with Crippen molar-refractivity contribution in [3.63, 3.8) is 0 Å². The zero-order chi connectivity index (χ0) is 57.0. The van der Waals surface area contributed by atoms with Gasteiger partial charge >= 0.3 is 0 Å². The topological polar surface area (TPSA) is 177 Å². The summed E-state index contributed by atoms with van der Waals surface area (Å²) >= 11 is 0. The lowest BCUT2D eigenvalue weighted by Crippen LogP contribution is -2.78. The third-order valence-electron chi connectivity index (χ3n) is 25.3. The van der Waals surface area contributed by atoms with Crippen molar-refractivity contribution in [1.82, 2.24) is 5.32 Å². The number of benzene rings is 4.